The average Bonchev–Trinajstić information content (AvgIpc) is 2.51. The number of fused-ring (bicyclic) bond motifs is 1. The first kappa shape index (κ1) is 9.39. The molecule has 0 radical (unpaired) electrons. The van der Waals surface area contributed by atoms with E-state index in [1.807, 2.05) is 0 Å². The number of carboxylic acid groups (broad SMARTS) is 1. The highest BCUT2D eigenvalue weighted by Crippen LogP contribution is 2.12. The fourth-order valence-corrected chi connectivity index (χ4v) is 1.46. The fourth-order valence-electron chi connectivity index (χ4n) is 1.46. The van der Waals surface area contributed by atoms with Crippen LogP contribution < -0.4 is 0 Å². The summed E-state index contributed by atoms with van der Waals surface area (Å²) in [4.78, 5) is 25.5. The summed E-state index contributed by atoms with van der Waals surface area (Å²) >= 11 is 0. The van der Waals surface area contributed by atoms with Crippen LogP contribution in [0.15, 0.2) is 18.3 Å². The third-order valence-corrected chi connectivity index (χ3v) is 2.21. The van der Waals surface area contributed by atoms with Gasteiger partial charge in [0.15, 0.2) is 6.29 Å². The molecule has 0 aliphatic heterocycles. The number of nitrogens with zero attached hydrogens (tertiary/aromatic N) is 2. The number of aromatic nitrogens is 2. The Hall–Kier alpha value is -2.17. The Morgan fingerprint density at radius 1 is 1.60 bits per heavy atom. The second-order valence-corrected chi connectivity index (χ2v) is 3.15. The molecule has 0 aliphatic rings. The summed E-state index contributed by atoms with van der Waals surface area (Å²) < 4.78 is 1.56. The highest BCUT2D eigenvalue weighted by molar-refractivity contribution is 5.89. The van der Waals surface area contributed by atoms with Crippen molar-refractivity contribution >= 4 is 17.9 Å². The Balaban J connectivity index is 2.75. The first-order valence-electron chi connectivity index (χ1n) is 4.30. The van der Waals surface area contributed by atoms with Crippen LogP contribution >= 0.6 is 0 Å². The number of aromatic carboxylic acids is 1. The molecule has 15 heavy (non-hydrogen) atoms. The predicted octanol–water partition coefficient (Wildman–Crippen LogP) is 1.15. The number of carboxylic acids is 1. The van der Waals surface area contributed by atoms with Gasteiger partial charge in [0, 0.05) is 6.20 Å². The zero-order chi connectivity index (χ0) is 11.0. The highest BCUT2D eigenvalue weighted by atomic mass is 16.4. The zero-order valence-electron chi connectivity index (χ0n) is 7.97. The van der Waals surface area contributed by atoms with Gasteiger partial charge in [-0.05, 0) is 19.1 Å². The lowest BCUT2D eigenvalue weighted by molar-refractivity contribution is 0.0696. The molecule has 0 saturated heterocycles. The van der Waals surface area contributed by atoms with Crippen molar-refractivity contribution in [2.75, 3.05) is 0 Å². The molecule has 0 amide bonds. The maximum absolute atomic E-state index is 10.7. The third-order valence-electron chi connectivity index (χ3n) is 2.21. The minimum absolute atomic E-state index is 0.157. The lowest BCUT2D eigenvalue weighted by atomic mass is 10.3. The van der Waals surface area contributed by atoms with Gasteiger partial charge in [-0.25, -0.2) is 9.78 Å². The number of hydrogen-bond acceptors (Lipinski definition) is 3. The summed E-state index contributed by atoms with van der Waals surface area (Å²) in [6, 6.07) is 2.87. The van der Waals surface area contributed by atoms with E-state index in [0.29, 0.717) is 23.3 Å². The van der Waals surface area contributed by atoms with Crippen LogP contribution in [-0.4, -0.2) is 26.7 Å². The SMILES string of the molecule is Cc1nc2cc(C(=O)O)ccn2c1C=O. The number of hydrogen-bond donors (Lipinski definition) is 1. The number of rotatable bonds is 2. The van der Waals surface area contributed by atoms with Gasteiger partial charge in [0.1, 0.15) is 11.3 Å². The molecule has 2 heterocycles. The van der Waals surface area contributed by atoms with Crippen LogP contribution in [0.3, 0.4) is 0 Å². The zero-order valence-corrected chi connectivity index (χ0v) is 7.97. The van der Waals surface area contributed by atoms with Crippen molar-refractivity contribution in [3.05, 3.63) is 35.3 Å². The van der Waals surface area contributed by atoms with Crippen molar-refractivity contribution in [1.29, 1.82) is 0 Å². The first-order chi connectivity index (χ1) is 7.13. The van der Waals surface area contributed by atoms with Crippen LogP contribution in [0.25, 0.3) is 5.65 Å². The van der Waals surface area contributed by atoms with Crippen molar-refractivity contribution < 1.29 is 14.7 Å². The third kappa shape index (κ3) is 1.38. The molecule has 0 saturated carbocycles. The maximum atomic E-state index is 10.7. The van der Waals surface area contributed by atoms with E-state index in [9.17, 15) is 9.59 Å². The molecule has 5 heteroatoms. The average molecular weight is 204 g/mol. The second-order valence-electron chi connectivity index (χ2n) is 3.15. The van der Waals surface area contributed by atoms with Gasteiger partial charge < -0.3 is 5.11 Å². The molecule has 0 fully saturated rings. The van der Waals surface area contributed by atoms with E-state index >= 15 is 0 Å². The molecule has 0 unspecified atom stereocenters. The standard InChI is InChI=1S/C10H8N2O3/c1-6-8(5-13)12-3-2-7(10(14)15)4-9(12)11-6/h2-5H,1H3,(H,14,15). The van der Waals surface area contributed by atoms with Gasteiger partial charge in [-0.15, -0.1) is 0 Å². The van der Waals surface area contributed by atoms with Crippen molar-refractivity contribution in [3.63, 3.8) is 0 Å². The summed E-state index contributed by atoms with van der Waals surface area (Å²) in [5.41, 5.74) is 1.66. The minimum atomic E-state index is -1.01. The van der Waals surface area contributed by atoms with Crippen molar-refractivity contribution in [1.82, 2.24) is 9.38 Å². The summed E-state index contributed by atoms with van der Waals surface area (Å²) in [5, 5.41) is 8.77. The minimum Gasteiger partial charge on any atom is -0.478 e. The number of carbonyl (C=O) groups excluding carboxylic acids is 1. The van der Waals surface area contributed by atoms with Crippen LogP contribution in [0.5, 0.6) is 0 Å². The lowest BCUT2D eigenvalue weighted by Crippen LogP contribution is -1.98. The van der Waals surface area contributed by atoms with E-state index in [-0.39, 0.29) is 5.56 Å². The molecule has 1 N–H and O–H groups in total. The van der Waals surface area contributed by atoms with Crippen LogP contribution in [0.4, 0.5) is 0 Å². The van der Waals surface area contributed by atoms with E-state index in [4.69, 9.17) is 5.11 Å². The highest BCUT2D eigenvalue weighted by Gasteiger charge is 2.10. The van der Waals surface area contributed by atoms with E-state index in [1.54, 1.807) is 11.3 Å². The van der Waals surface area contributed by atoms with Gasteiger partial charge >= 0.3 is 5.97 Å². The number of aldehydes is 1. The van der Waals surface area contributed by atoms with E-state index in [0.717, 1.165) is 0 Å². The van der Waals surface area contributed by atoms with Crippen LogP contribution in [-0.2, 0) is 0 Å². The summed E-state index contributed by atoms with van der Waals surface area (Å²) in [5.74, 6) is -1.01. The fraction of sp³-hybridized carbons (Fsp3) is 0.100. The number of carbonyl (C=O) groups is 2. The molecular formula is C10H8N2O3. The summed E-state index contributed by atoms with van der Waals surface area (Å²) in [6.07, 6.45) is 2.23. The summed E-state index contributed by atoms with van der Waals surface area (Å²) in [7, 11) is 0. The lowest BCUT2D eigenvalue weighted by Gasteiger charge is -1.97. The Morgan fingerprint density at radius 2 is 2.33 bits per heavy atom. The molecular weight excluding hydrogens is 196 g/mol. The Morgan fingerprint density at radius 3 is 2.93 bits per heavy atom. The molecule has 2 aromatic heterocycles. The maximum Gasteiger partial charge on any atom is 0.335 e. The largest absolute Gasteiger partial charge is 0.478 e. The first-order valence-corrected chi connectivity index (χ1v) is 4.30. The van der Waals surface area contributed by atoms with Gasteiger partial charge in [-0.1, -0.05) is 0 Å². The van der Waals surface area contributed by atoms with Gasteiger partial charge in [-0.3, -0.25) is 9.20 Å². The topological polar surface area (TPSA) is 71.7 Å². The molecule has 0 bridgehead atoms. The Kier molecular flexibility index (Phi) is 2.00. The second kappa shape index (κ2) is 3.20. The molecule has 0 aromatic carbocycles. The van der Waals surface area contributed by atoms with Gasteiger partial charge in [-0.2, -0.15) is 0 Å². The molecule has 0 aliphatic carbocycles. The van der Waals surface area contributed by atoms with Crippen molar-refractivity contribution in [3.8, 4) is 0 Å². The van der Waals surface area contributed by atoms with E-state index < -0.39 is 5.97 Å². The predicted molar refractivity (Wildman–Crippen MR) is 52.3 cm³/mol. The number of aryl methyl sites for hydroxylation is 1. The van der Waals surface area contributed by atoms with Crippen molar-refractivity contribution in [2.24, 2.45) is 0 Å². The Labute approximate surface area is 85.0 Å². The molecule has 5 nitrogen and oxygen atoms in total. The van der Waals surface area contributed by atoms with Crippen molar-refractivity contribution in [2.45, 2.75) is 6.92 Å². The number of imidazole rings is 1. The van der Waals surface area contributed by atoms with Crippen LogP contribution in [0.1, 0.15) is 26.5 Å². The molecule has 0 spiro atoms. The number of pyridine rings is 1. The van der Waals surface area contributed by atoms with Crippen LogP contribution in [0, 0.1) is 6.92 Å². The summed E-state index contributed by atoms with van der Waals surface area (Å²) in [6.45, 7) is 1.71. The van der Waals surface area contributed by atoms with Crippen LogP contribution in [0.2, 0.25) is 0 Å². The van der Waals surface area contributed by atoms with Gasteiger partial charge in [0.25, 0.3) is 0 Å². The molecule has 2 aromatic rings. The van der Waals surface area contributed by atoms with Gasteiger partial charge in [0.2, 0.25) is 0 Å². The normalized spacial score (nSPS) is 10.5. The monoisotopic (exact) mass is 204 g/mol. The van der Waals surface area contributed by atoms with E-state index in [2.05, 4.69) is 4.98 Å². The molecule has 0 atom stereocenters. The molecule has 2 rings (SSSR count). The smallest absolute Gasteiger partial charge is 0.335 e. The quantitative estimate of drug-likeness (QED) is 0.745. The van der Waals surface area contributed by atoms with E-state index in [1.165, 1.54) is 18.3 Å². The molecule has 76 valence electrons. The Bertz CT molecular complexity index is 557. The van der Waals surface area contributed by atoms with Gasteiger partial charge in [0.05, 0.1) is 11.3 Å².